The Labute approximate surface area is 132 Å². The number of amides is 2. The Bertz CT molecular complexity index is 596. The molecular weight excluding hydrogens is 308 g/mol. The first kappa shape index (κ1) is 18.3. The number of benzene rings is 1. The molecule has 0 fully saturated rings. The van der Waals surface area contributed by atoms with Crippen LogP contribution >= 0.6 is 0 Å². The fourth-order valence-corrected chi connectivity index (χ4v) is 1.72. The minimum Gasteiger partial charge on any atom is -0.362 e. The maximum Gasteiger partial charge on any atom is 0.251 e. The molecule has 1 rings (SSSR count). The van der Waals surface area contributed by atoms with Crippen molar-refractivity contribution in [3.63, 3.8) is 0 Å². The highest BCUT2D eigenvalue weighted by atomic mass is 19.1. The average molecular weight is 325 g/mol. The number of nitrogens with zero attached hydrogens (tertiary/aromatic N) is 1. The first-order valence-corrected chi connectivity index (χ1v) is 6.84. The number of hydrogen-bond acceptors (Lipinski definition) is 4. The molecule has 0 saturated heterocycles. The predicted molar refractivity (Wildman–Crippen MR) is 79.2 cm³/mol. The van der Waals surface area contributed by atoms with Crippen molar-refractivity contribution < 1.29 is 23.2 Å². The summed E-state index contributed by atoms with van der Waals surface area (Å²) in [4.78, 5) is 34.6. The molecule has 0 aliphatic heterocycles. The summed E-state index contributed by atoms with van der Waals surface area (Å²) in [6.45, 7) is 0.570. The Kier molecular flexibility index (Phi) is 7.42. The molecule has 0 saturated carbocycles. The monoisotopic (exact) mass is 325 g/mol. The average Bonchev–Trinajstić information content (AvgIpc) is 2.45. The Balaban J connectivity index is 2.25. The van der Waals surface area contributed by atoms with Crippen molar-refractivity contribution in [2.45, 2.75) is 6.42 Å². The van der Waals surface area contributed by atoms with Crippen molar-refractivity contribution in [1.82, 2.24) is 15.5 Å². The minimum absolute atomic E-state index is 0.0180. The van der Waals surface area contributed by atoms with Gasteiger partial charge in [-0.25, -0.2) is 13.6 Å². The van der Waals surface area contributed by atoms with Crippen molar-refractivity contribution in [3.8, 4) is 0 Å². The third-order valence-corrected chi connectivity index (χ3v) is 2.75. The number of halogens is 2. The smallest absolute Gasteiger partial charge is 0.251 e. The van der Waals surface area contributed by atoms with Gasteiger partial charge in [-0.05, 0) is 18.6 Å². The van der Waals surface area contributed by atoms with Gasteiger partial charge in [0.25, 0.3) is 5.91 Å². The van der Waals surface area contributed by atoms with Crippen LogP contribution in [0.15, 0.2) is 24.4 Å². The second-order valence-corrected chi connectivity index (χ2v) is 4.78. The van der Waals surface area contributed by atoms with Gasteiger partial charge in [-0.2, -0.15) is 0 Å². The summed E-state index contributed by atoms with van der Waals surface area (Å²) < 4.78 is 26.0. The molecular formula is C15H17F2N3O3. The molecule has 23 heavy (non-hydrogen) atoms. The fraction of sp³-hybridized carbons (Fsp3) is 0.333. The van der Waals surface area contributed by atoms with Gasteiger partial charge in [0.2, 0.25) is 5.91 Å². The van der Waals surface area contributed by atoms with E-state index in [-0.39, 0.29) is 24.6 Å². The van der Waals surface area contributed by atoms with E-state index in [9.17, 15) is 23.2 Å². The summed E-state index contributed by atoms with van der Waals surface area (Å²) in [7, 11) is 1.56. The van der Waals surface area contributed by atoms with Crippen LogP contribution in [0.2, 0.25) is 0 Å². The van der Waals surface area contributed by atoms with Crippen LogP contribution in [-0.2, 0) is 9.59 Å². The lowest BCUT2D eigenvalue weighted by Gasteiger charge is -2.12. The maximum atomic E-state index is 13.0. The van der Waals surface area contributed by atoms with E-state index in [2.05, 4.69) is 10.6 Å². The predicted octanol–water partition coefficient (Wildman–Crippen LogP) is 0.478. The summed E-state index contributed by atoms with van der Waals surface area (Å²) in [5.74, 6) is -0.963. The van der Waals surface area contributed by atoms with Gasteiger partial charge in [-0.15, -0.1) is 0 Å². The van der Waals surface area contributed by atoms with E-state index in [0.717, 1.165) is 18.3 Å². The summed E-state index contributed by atoms with van der Waals surface area (Å²) >= 11 is 0. The SMILES string of the molecule is CN(C=C=O)CC(=O)NCCCNC(=O)c1cc(F)cc(F)c1. The van der Waals surface area contributed by atoms with E-state index in [0.29, 0.717) is 19.0 Å². The van der Waals surface area contributed by atoms with Crippen LogP contribution in [0.5, 0.6) is 0 Å². The lowest BCUT2D eigenvalue weighted by Crippen LogP contribution is -2.35. The van der Waals surface area contributed by atoms with E-state index in [4.69, 9.17) is 0 Å². The summed E-state index contributed by atoms with van der Waals surface area (Å²) in [5, 5.41) is 5.10. The molecule has 0 aliphatic rings. The van der Waals surface area contributed by atoms with Crippen molar-refractivity contribution in [3.05, 3.63) is 41.6 Å². The van der Waals surface area contributed by atoms with Crippen LogP contribution in [0.25, 0.3) is 0 Å². The van der Waals surface area contributed by atoms with Crippen LogP contribution in [0, 0.1) is 11.6 Å². The van der Waals surface area contributed by atoms with Gasteiger partial charge in [-0.1, -0.05) is 0 Å². The summed E-state index contributed by atoms with van der Waals surface area (Å²) in [6, 6.07) is 2.57. The second-order valence-electron chi connectivity index (χ2n) is 4.78. The highest BCUT2D eigenvalue weighted by molar-refractivity contribution is 5.94. The normalized spacial score (nSPS) is 9.70. The van der Waals surface area contributed by atoms with Crippen LogP contribution in [0.1, 0.15) is 16.8 Å². The molecule has 0 atom stereocenters. The standard InChI is InChI=1S/C15H17F2N3O3/c1-20(5-6-21)10-14(22)18-3-2-4-19-15(23)11-7-12(16)9-13(17)8-11/h5,7-9H,2-4,10H2,1H3,(H,18,22)(H,19,23). The molecule has 1 aromatic carbocycles. The van der Waals surface area contributed by atoms with Crippen molar-refractivity contribution in [2.75, 3.05) is 26.7 Å². The van der Waals surface area contributed by atoms with E-state index >= 15 is 0 Å². The maximum absolute atomic E-state index is 13.0. The molecule has 0 spiro atoms. The van der Waals surface area contributed by atoms with E-state index < -0.39 is 17.5 Å². The zero-order valence-corrected chi connectivity index (χ0v) is 12.6. The number of likely N-dealkylation sites (N-methyl/N-ethyl adjacent to an activating group) is 1. The summed E-state index contributed by atoms with van der Waals surface area (Å²) in [5.41, 5.74) is -0.103. The minimum atomic E-state index is -0.823. The molecule has 0 heterocycles. The number of rotatable bonds is 8. The van der Waals surface area contributed by atoms with Gasteiger partial charge < -0.3 is 15.5 Å². The van der Waals surface area contributed by atoms with Crippen LogP contribution < -0.4 is 10.6 Å². The fourth-order valence-electron chi connectivity index (χ4n) is 1.72. The molecule has 8 heteroatoms. The first-order valence-electron chi connectivity index (χ1n) is 6.84. The quantitative estimate of drug-likeness (QED) is 0.538. The van der Waals surface area contributed by atoms with Gasteiger partial charge in [-0.3, -0.25) is 9.59 Å². The Hall–Kier alpha value is -2.73. The van der Waals surface area contributed by atoms with E-state index in [1.54, 1.807) is 13.0 Å². The molecule has 0 bridgehead atoms. The number of hydrogen-bond donors (Lipinski definition) is 2. The summed E-state index contributed by atoms with van der Waals surface area (Å²) in [6.07, 6.45) is 1.56. The highest BCUT2D eigenvalue weighted by Gasteiger charge is 2.08. The molecule has 0 radical (unpaired) electrons. The number of nitrogens with one attached hydrogen (secondary N) is 2. The molecule has 0 aromatic heterocycles. The molecule has 2 N–H and O–H groups in total. The molecule has 6 nitrogen and oxygen atoms in total. The van der Waals surface area contributed by atoms with Crippen LogP contribution in [-0.4, -0.2) is 49.3 Å². The zero-order chi connectivity index (χ0) is 17.2. The topological polar surface area (TPSA) is 78.5 Å². The van der Waals surface area contributed by atoms with Crippen molar-refractivity contribution in [1.29, 1.82) is 0 Å². The lowest BCUT2D eigenvalue weighted by atomic mass is 10.2. The van der Waals surface area contributed by atoms with Gasteiger partial charge in [0.05, 0.1) is 12.7 Å². The van der Waals surface area contributed by atoms with E-state index in [1.165, 1.54) is 4.90 Å². The third-order valence-electron chi connectivity index (χ3n) is 2.75. The third kappa shape index (κ3) is 7.19. The highest BCUT2D eigenvalue weighted by Crippen LogP contribution is 2.07. The largest absolute Gasteiger partial charge is 0.362 e. The van der Waals surface area contributed by atoms with Crippen molar-refractivity contribution in [2.24, 2.45) is 0 Å². The Morgan fingerprint density at radius 1 is 1.17 bits per heavy atom. The number of carbonyl (C=O) groups is 2. The van der Waals surface area contributed by atoms with Crippen LogP contribution in [0.4, 0.5) is 8.78 Å². The van der Waals surface area contributed by atoms with Gasteiger partial charge >= 0.3 is 0 Å². The Morgan fingerprint density at radius 2 is 1.78 bits per heavy atom. The van der Waals surface area contributed by atoms with Gasteiger partial charge in [0, 0.05) is 31.8 Å². The molecule has 0 unspecified atom stereocenters. The first-order chi connectivity index (χ1) is 10.9. The molecule has 124 valence electrons. The van der Waals surface area contributed by atoms with Gasteiger partial charge in [0.1, 0.15) is 17.6 Å². The lowest BCUT2D eigenvalue weighted by molar-refractivity contribution is -0.121. The molecule has 1 aromatic rings. The zero-order valence-electron chi connectivity index (χ0n) is 12.6. The second kappa shape index (κ2) is 9.32. The number of carbonyl (C=O) groups excluding carboxylic acids is 3. The molecule has 2 amide bonds. The molecule has 0 aliphatic carbocycles. The van der Waals surface area contributed by atoms with Crippen LogP contribution in [0.3, 0.4) is 0 Å². The van der Waals surface area contributed by atoms with E-state index in [1.807, 2.05) is 0 Å². The van der Waals surface area contributed by atoms with Crippen molar-refractivity contribution >= 4 is 17.8 Å². The van der Waals surface area contributed by atoms with Gasteiger partial charge in [0.15, 0.2) is 0 Å². The Morgan fingerprint density at radius 3 is 2.39 bits per heavy atom.